The van der Waals surface area contributed by atoms with Crippen molar-refractivity contribution >= 4 is 29.1 Å². The molecule has 0 radical (unpaired) electrons. The Hall–Kier alpha value is -2.19. The van der Waals surface area contributed by atoms with Crippen molar-refractivity contribution < 1.29 is 38.9 Å². The molecule has 0 spiro atoms. The minimum Gasteiger partial charge on any atom is -0.469 e. The van der Waals surface area contributed by atoms with Crippen molar-refractivity contribution in [2.24, 2.45) is 45.3 Å². The normalized spacial score (nSPS) is 39.8. The van der Waals surface area contributed by atoms with E-state index in [1.165, 1.54) is 14.0 Å². The van der Waals surface area contributed by atoms with Gasteiger partial charge in [0.1, 0.15) is 11.9 Å². The van der Waals surface area contributed by atoms with Crippen LogP contribution in [0.5, 0.6) is 0 Å². The number of carbonyl (C=O) groups is 5. The Kier molecular flexibility index (Phi) is 7.21. The molecule has 0 bridgehead atoms. The Labute approximate surface area is 230 Å². The van der Waals surface area contributed by atoms with Crippen LogP contribution in [-0.2, 0) is 28.7 Å². The summed E-state index contributed by atoms with van der Waals surface area (Å²) >= 11 is 0. The maximum atomic E-state index is 14.1. The van der Waals surface area contributed by atoms with Gasteiger partial charge in [0.15, 0.2) is 17.3 Å². The van der Waals surface area contributed by atoms with E-state index in [0.29, 0.717) is 24.0 Å². The fourth-order valence-corrected chi connectivity index (χ4v) is 9.00. The van der Waals surface area contributed by atoms with Gasteiger partial charge in [0.25, 0.3) is 0 Å². The molecule has 0 aliphatic heterocycles. The third kappa shape index (κ3) is 3.95. The van der Waals surface area contributed by atoms with Crippen LogP contribution >= 0.6 is 0 Å². The van der Waals surface area contributed by atoms with Crippen molar-refractivity contribution in [2.45, 2.75) is 99.2 Å². The van der Waals surface area contributed by atoms with Gasteiger partial charge in [0.05, 0.1) is 24.5 Å². The average Bonchev–Trinajstić information content (AvgIpc) is 3.07. The Morgan fingerprint density at radius 3 is 2.21 bits per heavy atom. The van der Waals surface area contributed by atoms with Gasteiger partial charge >= 0.3 is 5.97 Å². The van der Waals surface area contributed by atoms with Gasteiger partial charge in [-0.15, -0.1) is 0 Å². The third-order valence-corrected chi connectivity index (χ3v) is 11.8. The first-order chi connectivity index (χ1) is 17.9. The number of fused-ring (bicyclic) bond motifs is 4. The number of ether oxygens (including phenoxy) is 1. The lowest BCUT2D eigenvalue weighted by Crippen LogP contribution is -2.59. The topological polar surface area (TPSA) is 135 Å². The third-order valence-electron chi connectivity index (χ3n) is 11.8. The van der Waals surface area contributed by atoms with E-state index in [9.17, 15) is 34.2 Å². The molecule has 4 rings (SSSR count). The highest BCUT2D eigenvalue weighted by Gasteiger charge is 2.70. The molecular weight excluding hydrogens is 500 g/mol. The van der Waals surface area contributed by atoms with Crippen LogP contribution in [0.3, 0.4) is 0 Å². The first-order valence-electron chi connectivity index (χ1n) is 14.2. The summed E-state index contributed by atoms with van der Waals surface area (Å²) in [7, 11) is 1.19. The summed E-state index contributed by atoms with van der Waals surface area (Å²) < 4.78 is 4.65. The van der Waals surface area contributed by atoms with Crippen molar-refractivity contribution in [3.63, 3.8) is 0 Å². The highest BCUT2D eigenvalue weighted by molar-refractivity contribution is 6.16. The quantitative estimate of drug-likeness (QED) is 0.486. The standard InChI is InChI=1S/C31H44O8/c1-15(11-19(33)26(37)16(2)27(38)39-8)17-12-23(36)31(7)25-18(32)13-21-28(3,4)22(35)9-10-29(21,5)24(25)20(34)14-30(17,31)6/h15-17,21-22,26,35,37H,9-14H2,1-8H3/t15-,16?,17-,21?,22+,26?,29+,30-,31+/m1/s1. The Morgan fingerprint density at radius 2 is 1.62 bits per heavy atom. The van der Waals surface area contributed by atoms with Gasteiger partial charge in [-0.05, 0) is 55.3 Å². The van der Waals surface area contributed by atoms with Crippen LogP contribution in [0, 0.1) is 45.3 Å². The molecule has 0 aromatic heterocycles. The summed E-state index contributed by atoms with van der Waals surface area (Å²) in [5.41, 5.74) is -2.35. The van der Waals surface area contributed by atoms with Crippen molar-refractivity contribution in [1.82, 2.24) is 0 Å². The first kappa shape index (κ1) is 29.8. The molecule has 0 saturated heterocycles. The van der Waals surface area contributed by atoms with Crippen LogP contribution in [0.2, 0.25) is 0 Å². The minimum absolute atomic E-state index is 0.0635. The van der Waals surface area contributed by atoms with E-state index in [4.69, 9.17) is 0 Å². The van der Waals surface area contributed by atoms with Gasteiger partial charge in [-0.25, -0.2) is 0 Å². The molecule has 8 nitrogen and oxygen atoms in total. The second-order valence-electron chi connectivity index (χ2n) is 14.0. The molecule has 2 N–H and O–H groups in total. The molecule has 0 aromatic rings. The number of hydrogen-bond acceptors (Lipinski definition) is 8. The molecule has 4 aliphatic carbocycles. The number of carbonyl (C=O) groups excluding carboxylic acids is 5. The number of methoxy groups -OCH3 is 1. The van der Waals surface area contributed by atoms with E-state index in [-0.39, 0.29) is 60.8 Å². The molecule has 39 heavy (non-hydrogen) atoms. The second kappa shape index (κ2) is 9.44. The fraction of sp³-hybridized carbons (Fsp3) is 0.774. The summed E-state index contributed by atoms with van der Waals surface area (Å²) in [6, 6.07) is 0. The SMILES string of the molecule is COC(=O)C(C)C(O)C(=O)C[C@@H](C)[C@H]1CC(=O)[C@@]2(C)C3=C(C(=O)C[C@]12C)[C@@]1(C)CC[C@H](O)C(C)(C)C1CC3=O. The first-order valence-corrected chi connectivity index (χ1v) is 14.2. The van der Waals surface area contributed by atoms with Crippen molar-refractivity contribution in [3.8, 4) is 0 Å². The van der Waals surface area contributed by atoms with Crippen LogP contribution in [0.25, 0.3) is 0 Å². The van der Waals surface area contributed by atoms with Crippen molar-refractivity contribution in [3.05, 3.63) is 11.1 Å². The van der Waals surface area contributed by atoms with Gasteiger partial charge in [-0.3, -0.25) is 24.0 Å². The fourth-order valence-electron chi connectivity index (χ4n) is 9.00. The average molecular weight is 545 g/mol. The highest BCUT2D eigenvalue weighted by Crippen LogP contribution is 2.70. The number of ketones is 4. The van der Waals surface area contributed by atoms with Crippen LogP contribution in [0.1, 0.15) is 87.0 Å². The molecule has 0 aromatic carbocycles. The second-order valence-corrected chi connectivity index (χ2v) is 14.0. The lowest BCUT2D eigenvalue weighted by molar-refractivity contribution is -0.153. The van der Waals surface area contributed by atoms with Crippen LogP contribution in [0.4, 0.5) is 0 Å². The molecule has 9 atom stereocenters. The number of aliphatic hydroxyl groups is 2. The number of esters is 1. The van der Waals surface area contributed by atoms with E-state index in [2.05, 4.69) is 4.74 Å². The Bertz CT molecular complexity index is 1170. The summed E-state index contributed by atoms with van der Waals surface area (Å²) in [6.07, 6.45) is -0.657. The molecule has 2 fully saturated rings. The molecule has 0 amide bonds. The Balaban J connectivity index is 1.73. The zero-order valence-corrected chi connectivity index (χ0v) is 24.6. The number of rotatable bonds is 6. The maximum absolute atomic E-state index is 14.1. The zero-order valence-electron chi connectivity index (χ0n) is 24.6. The van der Waals surface area contributed by atoms with E-state index in [0.717, 1.165) is 0 Å². The van der Waals surface area contributed by atoms with Gasteiger partial charge in [-0.1, -0.05) is 34.6 Å². The van der Waals surface area contributed by atoms with Crippen LogP contribution in [-0.4, -0.2) is 58.6 Å². The number of allylic oxidation sites excluding steroid dienone is 2. The van der Waals surface area contributed by atoms with Gasteiger partial charge in [0, 0.05) is 42.2 Å². The lowest BCUT2D eigenvalue weighted by Gasteiger charge is -2.60. The molecular formula is C31H44O8. The zero-order chi connectivity index (χ0) is 29.5. The van der Waals surface area contributed by atoms with E-state index in [1.54, 1.807) is 0 Å². The molecule has 2 saturated carbocycles. The number of Topliss-reactive ketones (excluding diaryl/α,β-unsaturated/α-hetero) is 4. The highest BCUT2D eigenvalue weighted by atomic mass is 16.5. The van der Waals surface area contributed by atoms with E-state index < -0.39 is 51.5 Å². The summed E-state index contributed by atoms with van der Waals surface area (Å²) in [5, 5.41) is 21.2. The van der Waals surface area contributed by atoms with Crippen LogP contribution < -0.4 is 0 Å². The minimum atomic E-state index is -1.53. The van der Waals surface area contributed by atoms with Gasteiger partial charge < -0.3 is 14.9 Å². The summed E-state index contributed by atoms with van der Waals surface area (Å²) in [4.78, 5) is 66.7. The molecule has 4 aliphatic rings. The molecule has 8 heteroatoms. The van der Waals surface area contributed by atoms with Gasteiger partial charge in [-0.2, -0.15) is 0 Å². The van der Waals surface area contributed by atoms with Crippen molar-refractivity contribution in [1.29, 1.82) is 0 Å². The Morgan fingerprint density at radius 1 is 1.00 bits per heavy atom. The summed E-state index contributed by atoms with van der Waals surface area (Å²) in [6.45, 7) is 12.9. The van der Waals surface area contributed by atoms with E-state index >= 15 is 0 Å². The molecule has 216 valence electrons. The molecule has 0 heterocycles. The monoisotopic (exact) mass is 544 g/mol. The smallest absolute Gasteiger partial charge is 0.311 e. The predicted octanol–water partition coefficient (Wildman–Crippen LogP) is 3.40. The predicted molar refractivity (Wildman–Crippen MR) is 142 cm³/mol. The van der Waals surface area contributed by atoms with E-state index in [1.807, 2.05) is 41.5 Å². The van der Waals surface area contributed by atoms with Crippen LogP contribution in [0.15, 0.2) is 11.1 Å². The van der Waals surface area contributed by atoms with Gasteiger partial charge in [0.2, 0.25) is 0 Å². The number of aliphatic hydroxyl groups excluding tert-OH is 2. The maximum Gasteiger partial charge on any atom is 0.311 e. The number of hydrogen-bond donors (Lipinski definition) is 2. The lowest BCUT2D eigenvalue weighted by atomic mass is 9.42. The summed E-state index contributed by atoms with van der Waals surface area (Å²) in [5.74, 6) is -3.55. The molecule has 3 unspecified atom stereocenters. The largest absolute Gasteiger partial charge is 0.469 e. The van der Waals surface area contributed by atoms with Crippen molar-refractivity contribution in [2.75, 3.05) is 7.11 Å².